The lowest BCUT2D eigenvalue weighted by Crippen LogP contribution is -2.37. The van der Waals surface area contributed by atoms with Crippen molar-refractivity contribution >= 4 is 43.2 Å². The largest absolute Gasteiger partial charge is 0.508 e. The summed E-state index contributed by atoms with van der Waals surface area (Å²) in [6.45, 7) is 0. The van der Waals surface area contributed by atoms with Crippen LogP contribution in [0.15, 0.2) is 88.7 Å². The molecule has 0 aliphatic heterocycles. The molecule has 6 rings (SSSR count). The number of rotatable bonds is 8. The highest BCUT2D eigenvalue weighted by atomic mass is 35.5. The lowest BCUT2D eigenvalue weighted by molar-refractivity contribution is 0.362. The van der Waals surface area contributed by atoms with E-state index in [9.17, 15) is 41.7 Å². The van der Waals surface area contributed by atoms with E-state index in [-0.39, 0.29) is 61.7 Å². The molecule has 0 saturated heterocycles. The molecule has 15 heteroatoms. The highest BCUT2D eigenvalue weighted by molar-refractivity contribution is 7.89. The Morgan fingerprint density at radius 2 is 0.961 bits per heavy atom. The van der Waals surface area contributed by atoms with E-state index in [1.807, 2.05) is 0 Å². The average Bonchev–Trinajstić information content (AvgIpc) is 3.07. The third kappa shape index (κ3) is 10.1. The number of benzene rings is 4. The first-order valence-corrected chi connectivity index (χ1v) is 20.1. The second kappa shape index (κ2) is 16.4. The van der Waals surface area contributed by atoms with Gasteiger partial charge in [0.2, 0.25) is 20.0 Å². The maximum Gasteiger partial charge on any atom is 0.240 e. The van der Waals surface area contributed by atoms with Crippen LogP contribution in [-0.2, 0) is 20.0 Å². The van der Waals surface area contributed by atoms with E-state index in [2.05, 4.69) is 9.44 Å². The lowest BCUT2D eigenvalue weighted by Gasteiger charge is -2.29. The highest BCUT2D eigenvalue weighted by Gasteiger charge is 2.29. The van der Waals surface area contributed by atoms with Gasteiger partial charge in [0.05, 0.1) is 14.8 Å². The Hall–Kier alpha value is -3.59. The number of hydrogen-bond acceptors (Lipinski definition) is 8. The number of sulfonamides is 2. The first-order valence-electron chi connectivity index (χ1n) is 16.4. The van der Waals surface area contributed by atoms with Crippen LogP contribution in [0, 0.1) is 5.82 Å². The topological polar surface area (TPSA) is 173 Å². The van der Waals surface area contributed by atoms with Gasteiger partial charge in [-0.05, 0) is 129 Å². The van der Waals surface area contributed by atoms with Crippen molar-refractivity contribution in [2.45, 2.75) is 85.1 Å². The van der Waals surface area contributed by atoms with Gasteiger partial charge in [0.1, 0.15) is 28.8 Å². The van der Waals surface area contributed by atoms with Crippen molar-refractivity contribution in [3.63, 3.8) is 0 Å². The van der Waals surface area contributed by atoms with E-state index < -0.39 is 25.9 Å². The zero-order valence-corrected chi connectivity index (χ0v) is 30.5. The summed E-state index contributed by atoms with van der Waals surface area (Å²) in [5.74, 6) is -0.218. The smallest absolute Gasteiger partial charge is 0.240 e. The van der Waals surface area contributed by atoms with Crippen molar-refractivity contribution in [1.29, 1.82) is 0 Å². The van der Waals surface area contributed by atoms with Gasteiger partial charge in [0, 0.05) is 29.2 Å². The standard InChI is InChI=1S/C18H19ClFNO4S.C18H20ClNO4S/c19-16-10-14(6-8-17(16)20)26(24,25)21-12-3-1-11(2-4-12)15-7-5-13(22)9-18(15)23;19-13-3-8-16(9-4-13)25(23,24)20-14-5-1-12(2-6-14)17-10-7-15(21)11-18(17)22/h5-12,21-23H,1-4H2;3-4,7-12,14,20-22H,1-2,5-6H2. The van der Waals surface area contributed by atoms with Crippen molar-refractivity contribution in [2.75, 3.05) is 0 Å². The molecule has 2 aliphatic carbocycles. The quantitative estimate of drug-likeness (QED) is 0.106. The zero-order valence-electron chi connectivity index (χ0n) is 27.3. The molecule has 274 valence electrons. The fraction of sp³-hybridized carbons (Fsp3) is 0.333. The minimum absolute atomic E-state index is 0.00524. The van der Waals surface area contributed by atoms with E-state index in [0.717, 1.165) is 36.1 Å². The summed E-state index contributed by atoms with van der Waals surface area (Å²) in [4.78, 5) is 0.136. The van der Waals surface area contributed by atoms with Gasteiger partial charge in [-0.3, -0.25) is 0 Å². The minimum Gasteiger partial charge on any atom is -0.508 e. The first-order chi connectivity index (χ1) is 24.1. The zero-order chi connectivity index (χ0) is 36.9. The van der Waals surface area contributed by atoms with Gasteiger partial charge in [-0.25, -0.2) is 30.7 Å². The van der Waals surface area contributed by atoms with Crippen LogP contribution >= 0.6 is 23.2 Å². The summed E-state index contributed by atoms with van der Waals surface area (Å²) < 4.78 is 68.4. The summed E-state index contributed by atoms with van der Waals surface area (Å²) >= 11 is 11.5. The third-order valence-electron chi connectivity index (χ3n) is 9.33. The molecule has 0 spiro atoms. The van der Waals surface area contributed by atoms with Gasteiger partial charge < -0.3 is 20.4 Å². The van der Waals surface area contributed by atoms with Gasteiger partial charge in [-0.1, -0.05) is 35.3 Å². The minimum atomic E-state index is -3.78. The van der Waals surface area contributed by atoms with Crippen LogP contribution in [0.1, 0.15) is 74.3 Å². The molecule has 2 fully saturated rings. The predicted octanol–water partition coefficient (Wildman–Crippen LogP) is 7.65. The fourth-order valence-electron chi connectivity index (χ4n) is 6.63. The van der Waals surface area contributed by atoms with Gasteiger partial charge in [0.15, 0.2) is 0 Å². The van der Waals surface area contributed by atoms with Crippen molar-refractivity contribution in [1.82, 2.24) is 9.44 Å². The van der Waals surface area contributed by atoms with Crippen molar-refractivity contribution in [3.8, 4) is 23.0 Å². The molecule has 0 aromatic heterocycles. The Bertz CT molecular complexity index is 2050. The Morgan fingerprint density at radius 1 is 0.549 bits per heavy atom. The van der Waals surface area contributed by atoms with Gasteiger partial charge in [-0.15, -0.1) is 0 Å². The number of halogens is 3. The highest BCUT2D eigenvalue weighted by Crippen LogP contribution is 2.40. The van der Waals surface area contributed by atoms with Crippen LogP contribution in [0.25, 0.3) is 0 Å². The van der Waals surface area contributed by atoms with E-state index in [1.54, 1.807) is 30.3 Å². The monoisotopic (exact) mass is 780 g/mol. The number of hydrogen-bond donors (Lipinski definition) is 6. The van der Waals surface area contributed by atoms with Crippen molar-refractivity contribution in [2.24, 2.45) is 0 Å². The van der Waals surface area contributed by atoms with Crippen molar-refractivity contribution < 1.29 is 41.7 Å². The van der Waals surface area contributed by atoms with E-state index >= 15 is 0 Å². The van der Waals surface area contributed by atoms with Crippen LogP contribution in [-0.4, -0.2) is 49.3 Å². The molecule has 4 aromatic carbocycles. The average molecular weight is 782 g/mol. The maximum atomic E-state index is 13.2. The van der Waals surface area contributed by atoms with Crippen LogP contribution < -0.4 is 9.44 Å². The summed E-state index contributed by atoms with van der Waals surface area (Å²) in [5.41, 5.74) is 1.56. The van der Waals surface area contributed by atoms with Crippen molar-refractivity contribution in [3.05, 3.63) is 106 Å². The lowest BCUT2D eigenvalue weighted by atomic mass is 9.81. The molecule has 0 unspecified atom stereocenters. The summed E-state index contributed by atoms with van der Waals surface area (Å²) in [6.07, 6.45) is 5.55. The summed E-state index contributed by atoms with van der Waals surface area (Å²) in [5, 5.41) is 39.0. The Labute approximate surface area is 307 Å². The maximum absolute atomic E-state index is 13.2. The molecule has 2 aliphatic rings. The van der Waals surface area contributed by atoms with Gasteiger partial charge >= 0.3 is 0 Å². The molecule has 0 amide bonds. The number of phenols is 4. The molecular formula is C36H39Cl2FN2O8S2. The van der Waals surface area contributed by atoms with Crippen LogP contribution in [0.2, 0.25) is 10.0 Å². The molecule has 0 heterocycles. The van der Waals surface area contributed by atoms with Crippen LogP contribution in [0.3, 0.4) is 0 Å². The molecule has 0 radical (unpaired) electrons. The van der Waals surface area contributed by atoms with Gasteiger partial charge in [0.25, 0.3) is 0 Å². The molecule has 6 N–H and O–H groups in total. The Kier molecular flexibility index (Phi) is 12.4. The van der Waals surface area contributed by atoms with E-state index in [1.165, 1.54) is 36.4 Å². The fourth-order valence-corrected chi connectivity index (χ4v) is 9.64. The third-order valence-corrected chi connectivity index (χ3v) is 12.9. The van der Waals surface area contributed by atoms with E-state index in [0.29, 0.717) is 43.5 Å². The second-order valence-corrected chi connectivity index (χ2v) is 17.1. The van der Waals surface area contributed by atoms with Gasteiger partial charge in [-0.2, -0.15) is 0 Å². The molecule has 4 aromatic rings. The number of nitrogens with one attached hydrogen (secondary N) is 2. The second-order valence-electron chi connectivity index (χ2n) is 12.9. The predicted molar refractivity (Wildman–Crippen MR) is 193 cm³/mol. The molecule has 0 bridgehead atoms. The number of phenolic OH excluding ortho intramolecular Hbond substituents is 4. The summed E-state index contributed by atoms with van der Waals surface area (Å²) in [6, 6.07) is 18.2. The molecule has 10 nitrogen and oxygen atoms in total. The molecule has 51 heavy (non-hydrogen) atoms. The van der Waals surface area contributed by atoms with E-state index in [4.69, 9.17) is 23.2 Å². The Morgan fingerprint density at radius 3 is 1.37 bits per heavy atom. The van der Waals surface area contributed by atoms with Crippen LogP contribution in [0.5, 0.6) is 23.0 Å². The molecule has 0 atom stereocenters. The SMILES string of the molecule is O=S(=O)(NC1CCC(c2ccc(O)cc2O)CC1)c1ccc(Cl)cc1.O=S(=O)(NC1CCC(c2ccc(O)cc2O)CC1)c1ccc(F)c(Cl)c1. The summed E-state index contributed by atoms with van der Waals surface area (Å²) in [7, 11) is -7.34. The molecular weight excluding hydrogens is 742 g/mol. The van der Waals surface area contributed by atoms with Crippen LogP contribution in [0.4, 0.5) is 4.39 Å². The Balaban J connectivity index is 0.000000198. The molecule has 2 saturated carbocycles. The normalized spacial score (nSPS) is 21.0. The number of aromatic hydroxyl groups is 4. The first kappa shape index (κ1) is 38.6.